The quantitative estimate of drug-likeness (QED) is 0.131. The van der Waals surface area contributed by atoms with Crippen molar-refractivity contribution in [2.45, 2.75) is 52.4 Å². The second kappa shape index (κ2) is 13.6. The summed E-state index contributed by atoms with van der Waals surface area (Å²) in [5.41, 5.74) is 9.60. The van der Waals surface area contributed by atoms with Gasteiger partial charge in [-0.2, -0.15) is 0 Å². The summed E-state index contributed by atoms with van der Waals surface area (Å²) in [6, 6.07) is 38.0. The van der Waals surface area contributed by atoms with Crippen molar-refractivity contribution >= 4 is 11.8 Å². The lowest BCUT2D eigenvalue weighted by Gasteiger charge is -2.18. The monoisotopic (exact) mass is 663 g/mol. The van der Waals surface area contributed by atoms with Crippen LogP contribution in [0.25, 0.3) is 45.2 Å². The first-order valence-electron chi connectivity index (χ1n) is 16.6. The Morgan fingerprint density at radius 1 is 0.560 bits per heavy atom. The maximum atomic E-state index is 8.53. The Hall–Kier alpha value is -5.82. The highest BCUT2D eigenvalue weighted by atomic mass is 16.5. The van der Waals surface area contributed by atoms with Crippen LogP contribution in [0, 0.1) is 5.41 Å². The second-order valence-corrected chi connectivity index (χ2v) is 14.5. The Balaban J connectivity index is 1.16. The van der Waals surface area contributed by atoms with E-state index in [4.69, 9.17) is 24.7 Å². The molecule has 0 atom stereocenters. The van der Waals surface area contributed by atoms with Gasteiger partial charge in [-0.3, -0.25) is 5.41 Å². The van der Waals surface area contributed by atoms with Crippen LogP contribution >= 0.6 is 0 Å². The Bertz CT molecular complexity index is 2130. The van der Waals surface area contributed by atoms with Gasteiger partial charge in [-0.25, -0.2) is 5.41 Å². The molecular weight excluding hydrogens is 620 g/mol. The molecule has 6 aromatic rings. The van der Waals surface area contributed by atoms with Crippen molar-refractivity contribution in [2.75, 3.05) is 7.11 Å². The third-order valence-corrected chi connectivity index (χ3v) is 8.76. The molecule has 0 bridgehead atoms. The molecule has 0 amide bonds. The molecule has 0 saturated carbocycles. The SMILES string of the molecule is COc1cc(-c2ccc(C(=N)OC(=[NH2+])c3ccc(C(C)(C)C)cc3)cc2)cc(-c2ccc(-c3nnc(-c4ccc(C(C)(C)C)cc4)o3)cc2)c1. The van der Waals surface area contributed by atoms with Crippen molar-refractivity contribution in [1.82, 2.24) is 10.2 Å². The smallest absolute Gasteiger partial charge is 0.373 e. The van der Waals surface area contributed by atoms with Crippen LogP contribution in [0.1, 0.15) is 63.8 Å². The third kappa shape index (κ3) is 7.57. The molecule has 7 nitrogen and oxygen atoms in total. The van der Waals surface area contributed by atoms with E-state index in [1.807, 2.05) is 97.1 Å². The van der Waals surface area contributed by atoms with E-state index in [0.29, 0.717) is 17.3 Å². The summed E-state index contributed by atoms with van der Waals surface area (Å²) < 4.78 is 17.5. The van der Waals surface area contributed by atoms with Gasteiger partial charge in [0, 0.05) is 16.7 Å². The van der Waals surface area contributed by atoms with E-state index in [2.05, 4.69) is 69.9 Å². The number of hydrogen-bond donors (Lipinski definition) is 2. The number of benzene rings is 5. The molecule has 0 spiro atoms. The molecule has 3 N–H and O–H groups in total. The highest BCUT2D eigenvalue weighted by Gasteiger charge is 2.18. The lowest BCUT2D eigenvalue weighted by molar-refractivity contribution is -0.130. The molecule has 0 radical (unpaired) electrons. The molecule has 0 fully saturated rings. The van der Waals surface area contributed by atoms with E-state index < -0.39 is 0 Å². The number of nitrogens with one attached hydrogen (secondary N) is 1. The van der Waals surface area contributed by atoms with Crippen molar-refractivity contribution < 1.29 is 19.3 Å². The molecule has 0 unspecified atom stereocenters. The summed E-state index contributed by atoms with van der Waals surface area (Å²) in [5, 5.41) is 23.4. The van der Waals surface area contributed by atoms with Crippen LogP contribution in [0.5, 0.6) is 5.75 Å². The number of ether oxygens (including phenoxy) is 2. The van der Waals surface area contributed by atoms with Gasteiger partial charge in [0.2, 0.25) is 17.7 Å². The number of aromatic nitrogens is 2. The maximum absolute atomic E-state index is 8.53. The highest BCUT2D eigenvalue weighted by molar-refractivity contribution is 6.03. The first kappa shape index (κ1) is 34.1. The number of nitrogens with two attached hydrogens (primary N) is 1. The van der Waals surface area contributed by atoms with Crippen LogP contribution in [-0.2, 0) is 15.6 Å². The predicted octanol–water partition coefficient (Wildman–Crippen LogP) is 8.89. The standard InChI is InChI=1S/C43H42N4O3/c1-42(2,3)35-20-16-30(17-21-35)39(45)49-38(44)29-12-8-27(9-13-29)33-24-34(26-37(25-33)48-7)28-10-14-31(15-11-28)40-46-47-41(50-40)32-18-22-36(23-19-32)43(4,5)6/h8-26,44-45H,1-7H3/p+1. The molecule has 252 valence electrons. The number of methoxy groups -OCH3 is 1. The molecule has 6 rings (SSSR count). The van der Waals surface area contributed by atoms with E-state index in [0.717, 1.165) is 44.7 Å². The van der Waals surface area contributed by atoms with E-state index in [1.54, 1.807) is 7.11 Å². The Morgan fingerprint density at radius 3 is 1.42 bits per heavy atom. The molecule has 0 aliphatic rings. The topological polar surface area (TPSA) is 107 Å². The van der Waals surface area contributed by atoms with E-state index >= 15 is 0 Å². The van der Waals surface area contributed by atoms with Crippen LogP contribution in [-0.4, -0.2) is 29.1 Å². The maximum Gasteiger partial charge on any atom is 0.373 e. The molecular formula is C43H43N4O3+. The van der Waals surface area contributed by atoms with Crippen LogP contribution in [0.2, 0.25) is 0 Å². The summed E-state index contributed by atoms with van der Waals surface area (Å²) in [6.45, 7) is 13.1. The summed E-state index contributed by atoms with van der Waals surface area (Å²) in [6.07, 6.45) is 0. The molecule has 5 aromatic carbocycles. The molecule has 1 heterocycles. The second-order valence-electron chi connectivity index (χ2n) is 14.5. The summed E-state index contributed by atoms with van der Waals surface area (Å²) in [4.78, 5) is 0. The summed E-state index contributed by atoms with van der Waals surface area (Å²) in [5.74, 6) is 1.86. The average molecular weight is 664 g/mol. The zero-order valence-electron chi connectivity index (χ0n) is 29.7. The van der Waals surface area contributed by atoms with Gasteiger partial charge in [0.05, 0.1) is 12.7 Å². The van der Waals surface area contributed by atoms with E-state index in [-0.39, 0.29) is 22.6 Å². The van der Waals surface area contributed by atoms with Crippen LogP contribution in [0.15, 0.2) is 120 Å². The zero-order chi connectivity index (χ0) is 35.6. The minimum Gasteiger partial charge on any atom is -0.497 e. The van der Waals surface area contributed by atoms with Crippen LogP contribution in [0.4, 0.5) is 0 Å². The van der Waals surface area contributed by atoms with Crippen molar-refractivity contribution in [3.63, 3.8) is 0 Å². The van der Waals surface area contributed by atoms with E-state index in [9.17, 15) is 0 Å². The van der Waals surface area contributed by atoms with Gasteiger partial charge < -0.3 is 13.9 Å². The van der Waals surface area contributed by atoms with Crippen molar-refractivity contribution in [2.24, 2.45) is 0 Å². The van der Waals surface area contributed by atoms with Gasteiger partial charge in [-0.1, -0.05) is 90.1 Å². The lowest BCUT2D eigenvalue weighted by Crippen LogP contribution is -2.43. The molecule has 1 aromatic heterocycles. The third-order valence-electron chi connectivity index (χ3n) is 8.76. The lowest BCUT2D eigenvalue weighted by atomic mass is 9.87. The molecule has 7 heteroatoms. The molecule has 50 heavy (non-hydrogen) atoms. The summed E-state index contributed by atoms with van der Waals surface area (Å²) in [7, 11) is 1.66. The van der Waals surface area contributed by atoms with Gasteiger partial charge in [0.25, 0.3) is 0 Å². The molecule has 0 saturated heterocycles. The number of nitrogens with zero attached hydrogens (tertiary/aromatic N) is 2. The van der Waals surface area contributed by atoms with Crippen molar-refractivity contribution in [3.05, 3.63) is 138 Å². The minimum atomic E-state index is -0.0211. The van der Waals surface area contributed by atoms with Gasteiger partial charge >= 0.3 is 5.90 Å². The van der Waals surface area contributed by atoms with Gasteiger partial charge in [-0.15, -0.1) is 10.2 Å². The van der Waals surface area contributed by atoms with Gasteiger partial charge in [0.15, 0.2) is 0 Å². The Labute approximate surface area is 294 Å². The first-order valence-corrected chi connectivity index (χ1v) is 16.6. The predicted molar refractivity (Wildman–Crippen MR) is 200 cm³/mol. The molecule has 0 aliphatic carbocycles. The minimum absolute atomic E-state index is 0.0211. The molecule has 0 aliphatic heterocycles. The Morgan fingerprint density at radius 2 is 0.960 bits per heavy atom. The first-order chi connectivity index (χ1) is 23.8. The van der Waals surface area contributed by atoms with Crippen molar-refractivity contribution in [3.8, 4) is 50.9 Å². The fourth-order valence-electron chi connectivity index (χ4n) is 5.60. The normalized spacial score (nSPS) is 11.7. The van der Waals surface area contributed by atoms with Gasteiger partial charge in [-0.05, 0) is 111 Å². The number of rotatable bonds is 7. The summed E-state index contributed by atoms with van der Waals surface area (Å²) >= 11 is 0. The van der Waals surface area contributed by atoms with Crippen LogP contribution < -0.4 is 10.1 Å². The number of hydrogen-bond acceptors (Lipinski definition) is 6. The zero-order valence-corrected chi connectivity index (χ0v) is 29.7. The fourth-order valence-corrected chi connectivity index (χ4v) is 5.60. The van der Waals surface area contributed by atoms with Gasteiger partial charge in [0.1, 0.15) is 5.75 Å². The average Bonchev–Trinajstić information content (AvgIpc) is 3.61. The van der Waals surface area contributed by atoms with Crippen molar-refractivity contribution in [1.29, 1.82) is 5.41 Å². The highest BCUT2D eigenvalue weighted by Crippen LogP contribution is 2.34. The van der Waals surface area contributed by atoms with E-state index in [1.165, 1.54) is 11.1 Å². The Kier molecular flexibility index (Phi) is 9.26. The largest absolute Gasteiger partial charge is 0.497 e. The van der Waals surface area contributed by atoms with Crippen LogP contribution in [0.3, 0.4) is 0 Å². The fraction of sp³-hybridized carbons (Fsp3) is 0.209.